The van der Waals surface area contributed by atoms with Crippen LogP contribution in [0.15, 0.2) is 48.5 Å². The minimum Gasteiger partial charge on any atom is -0.379 e. The lowest BCUT2D eigenvalue weighted by Crippen LogP contribution is -2.57. The monoisotopic (exact) mass is 366 g/mol. The Kier molecular flexibility index (Phi) is 6.30. The number of rotatable bonds is 7. The first-order chi connectivity index (χ1) is 13.0. The van der Waals surface area contributed by atoms with Gasteiger partial charge in [0, 0.05) is 19.6 Å². The van der Waals surface area contributed by atoms with Crippen LogP contribution in [-0.4, -0.2) is 41.1 Å². The number of piperidine rings is 1. The van der Waals surface area contributed by atoms with Gasteiger partial charge >= 0.3 is 0 Å². The molecule has 3 rings (SSSR count). The molecule has 0 aromatic heterocycles. The molecule has 27 heavy (non-hydrogen) atoms. The first-order valence-corrected chi connectivity index (χ1v) is 9.80. The number of carbonyl (C=O) groups is 1. The number of likely N-dealkylation sites (tertiary alicyclic amines) is 1. The SMILES string of the molecule is Cc1cccc(CN2CCC[C@@](O)(CNCCc3ccccc3C)C2=O)c1. The fraction of sp³-hybridized carbons (Fsp3) is 0.435. The molecule has 1 aliphatic heterocycles. The van der Waals surface area contributed by atoms with Crippen molar-refractivity contribution in [2.24, 2.45) is 0 Å². The second-order valence-corrected chi connectivity index (χ2v) is 7.70. The lowest BCUT2D eigenvalue weighted by Gasteiger charge is -2.38. The summed E-state index contributed by atoms with van der Waals surface area (Å²) >= 11 is 0. The molecule has 4 nitrogen and oxygen atoms in total. The molecular formula is C23H30N2O2. The van der Waals surface area contributed by atoms with E-state index in [1.807, 2.05) is 24.3 Å². The molecule has 2 aromatic rings. The van der Waals surface area contributed by atoms with Crippen molar-refractivity contribution in [1.82, 2.24) is 10.2 Å². The van der Waals surface area contributed by atoms with Crippen molar-refractivity contribution in [3.05, 3.63) is 70.8 Å². The summed E-state index contributed by atoms with van der Waals surface area (Å²) in [5, 5.41) is 14.2. The predicted molar refractivity (Wildman–Crippen MR) is 109 cm³/mol. The average molecular weight is 367 g/mol. The van der Waals surface area contributed by atoms with Crippen LogP contribution in [0, 0.1) is 13.8 Å². The second-order valence-electron chi connectivity index (χ2n) is 7.70. The lowest BCUT2D eigenvalue weighted by atomic mass is 9.91. The van der Waals surface area contributed by atoms with E-state index in [2.05, 4.69) is 43.4 Å². The van der Waals surface area contributed by atoms with Crippen LogP contribution in [0.4, 0.5) is 0 Å². The van der Waals surface area contributed by atoms with Crippen LogP contribution >= 0.6 is 0 Å². The van der Waals surface area contributed by atoms with Crippen molar-refractivity contribution in [2.45, 2.75) is 45.3 Å². The van der Waals surface area contributed by atoms with Crippen LogP contribution in [0.3, 0.4) is 0 Å². The molecule has 1 fully saturated rings. The molecule has 0 aliphatic carbocycles. The Bertz CT molecular complexity index is 789. The molecule has 0 bridgehead atoms. The van der Waals surface area contributed by atoms with E-state index in [-0.39, 0.29) is 5.91 Å². The topological polar surface area (TPSA) is 52.6 Å². The van der Waals surface area contributed by atoms with Crippen molar-refractivity contribution in [3.63, 3.8) is 0 Å². The minimum absolute atomic E-state index is 0.154. The molecule has 0 spiro atoms. The number of nitrogens with zero attached hydrogens (tertiary/aromatic N) is 1. The highest BCUT2D eigenvalue weighted by Gasteiger charge is 2.41. The van der Waals surface area contributed by atoms with E-state index in [1.54, 1.807) is 4.90 Å². The Morgan fingerprint density at radius 3 is 2.74 bits per heavy atom. The smallest absolute Gasteiger partial charge is 0.256 e. The highest BCUT2D eigenvalue weighted by molar-refractivity contribution is 5.86. The number of hydrogen-bond acceptors (Lipinski definition) is 3. The molecule has 2 aromatic carbocycles. The van der Waals surface area contributed by atoms with Gasteiger partial charge in [0.25, 0.3) is 5.91 Å². The molecule has 1 saturated heterocycles. The quantitative estimate of drug-likeness (QED) is 0.741. The number of nitrogens with one attached hydrogen (secondary N) is 1. The fourth-order valence-electron chi connectivity index (χ4n) is 3.82. The Morgan fingerprint density at radius 2 is 1.96 bits per heavy atom. The zero-order valence-electron chi connectivity index (χ0n) is 16.4. The van der Waals surface area contributed by atoms with E-state index >= 15 is 0 Å². The summed E-state index contributed by atoms with van der Waals surface area (Å²) in [4.78, 5) is 14.7. The Labute approximate surface area is 162 Å². The van der Waals surface area contributed by atoms with E-state index < -0.39 is 5.60 Å². The summed E-state index contributed by atoms with van der Waals surface area (Å²) < 4.78 is 0. The Hall–Kier alpha value is -2.17. The molecular weight excluding hydrogens is 336 g/mol. The van der Waals surface area contributed by atoms with Gasteiger partial charge in [-0.2, -0.15) is 0 Å². The van der Waals surface area contributed by atoms with Gasteiger partial charge in [-0.1, -0.05) is 54.1 Å². The van der Waals surface area contributed by atoms with Crippen molar-refractivity contribution in [3.8, 4) is 0 Å². The van der Waals surface area contributed by atoms with Gasteiger partial charge in [0.15, 0.2) is 5.60 Å². The summed E-state index contributed by atoms with van der Waals surface area (Å²) in [5.74, 6) is -0.154. The number of amides is 1. The molecule has 0 unspecified atom stereocenters. The van der Waals surface area contributed by atoms with Gasteiger partial charge in [-0.3, -0.25) is 4.79 Å². The van der Waals surface area contributed by atoms with Gasteiger partial charge in [0.05, 0.1) is 0 Å². The highest BCUT2D eigenvalue weighted by Crippen LogP contribution is 2.24. The minimum atomic E-state index is -1.30. The van der Waals surface area contributed by atoms with Gasteiger partial charge in [0.2, 0.25) is 0 Å². The predicted octanol–water partition coefficient (Wildman–Crippen LogP) is 2.99. The number of benzene rings is 2. The van der Waals surface area contributed by atoms with Crippen molar-refractivity contribution < 1.29 is 9.90 Å². The third kappa shape index (κ3) is 4.96. The molecule has 1 atom stereocenters. The third-order valence-electron chi connectivity index (χ3n) is 5.41. The molecule has 0 saturated carbocycles. The molecule has 1 amide bonds. The van der Waals surface area contributed by atoms with E-state index in [0.717, 1.165) is 24.9 Å². The summed E-state index contributed by atoms with van der Waals surface area (Å²) in [6.45, 7) is 6.48. The summed E-state index contributed by atoms with van der Waals surface area (Å²) in [7, 11) is 0. The molecule has 144 valence electrons. The normalized spacial score (nSPS) is 20.1. The van der Waals surface area contributed by atoms with Gasteiger partial charge in [0.1, 0.15) is 0 Å². The van der Waals surface area contributed by atoms with E-state index in [9.17, 15) is 9.90 Å². The zero-order chi connectivity index (χ0) is 19.3. The van der Waals surface area contributed by atoms with Crippen LogP contribution in [0.5, 0.6) is 0 Å². The zero-order valence-corrected chi connectivity index (χ0v) is 16.4. The van der Waals surface area contributed by atoms with Crippen LogP contribution in [0.25, 0.3) is 0 Å². The fourth-order valence-corrected chi connectivity index (χ4v) is 3.82. The maximum atomic E-state index is 12.9. The average Bonchev–Trinajstić information content (AvgIpc) is 2.64. The maximum Gasteiger partial charge on any atom is 0.256 e. The first kappa shape index (κ1) is 19.6. The summed E-state index contributed by atoms with van der Waals surface area (Å²) in [5.41, 5.74) is 3.57. The molecule has 1 aliphatic rings. The van der Waals surface area contributed by atoms with Crippen LogP contribution < -0.4 is 5.32 Å². The maximum absolute atomic E-state index is 12.9. The number of aliphatic hydroxyl groups is 1. The van der Waals surface area contributed by atoms with Crippen LogP contribution in [-0.2, 0) is 17.8 Å². The second kappa shape index (κ2) is 8.68. The third-order valence-corrected chi connectivity index (χ3v) is 5.41. The van der Waals surface area contributed by atoms with Gasteiger partial charge in [-0.05, 0) is 56.3 Å². The number of hydrogen-bond donors (Lipinski definition) is 2. The standard InChI is InChI=1S/C23H30N2O2/c1-18-7-5-9-20(15-18)16-25-14-6-12-23(27,22(25)26)17-24-13-11-21-10-4-3-8-19(21)2/h3-5,7-10,15,24,27H,6,11-14,16-17H2,1-2H3/t23-/m1/s1. The molecule has 4 heteroatoms. The number of carbonyl (C=O) groups excluding carboxylic acids is 1. The Morgan fingerprint density at radius 1 is 1.15 bits per heavy atom. The van der Waals surface area contributed by atoms with Crippen molar-refractivity contribution >= 4 is 5.91 Å². The molecule has 2 N–H and O–H groups in total. The lowest BCUT2D eigenvalue weighted by molar-refractivity contribution is -0.157. The van der Waals surface area contributed by atoms with Crippen LogP contribution in [0.1, 0.15) is 35.1 Å². The summed E-state index contributed by atoms with van der Waals surface area (Å²) in [6.07, 6.45) is 2.24. The van der Waals surface area contributed by atoms with Gasteiger partial charge < -0.3 is 15.3 Å². The van der Waals surface area contributed by atoms with Gasteiger partial charge in [-0.15, -0.1) is 0 Å². The Balaban J connectivity index is 1.54. The molecule has 1 heterocycles. The first-order valence-electron chi connectivity index (χ1n) is 9.80. The van der Waals surface area contributed by atoms with Gasteiger partial charge in [-0.25, -0.2) is 0 Å². The van der Waals surface area contributed by atoms with Crippen LogP contribution in [0.2, 0.25) is 0 Å². The largest absolute Gasteiger partial charge is 0.379 e. The number of aryl methyl sites for hydroxylation is 2. The highest BCUT2D eigenvalue weighted by atomic mass is 16.3. The van der Waals surface area contributed by atoms with Crippen molar-refractivity contribution in [2.75, 3.05) is 19.6 Å². The molecule has 0 radical (unpaired) electrons. The van der Waals surface area contributed by atoms with E-state index in [0.29, 0.717) is 26.1 Å². The van der Waals surface area contributed by atoms with E-state index in [1.165, 1.54) is 16.7 Å². The van der Waals surface area contributed by atoms with E-state index in [4.69, 9.17) is 0 Å². The summed E-state index contributed by atoms with van der Waals surface area (Å²) in [6, 6.07) is 16.5. The van der Waals surface area contributed by atoms with Crippen molar-refractivity contribution in [1.29, 1.82) is 0 Å².